The summed E-state index contributed by atoms with van der Waals surface area (Å²) in [6.45, 7) is 0. The summed E-state index contributed by atoms with van der Waals surface area (Å²) in [5.74, 6) is -0.538. The van der Waals surface area contributed by atoms with Crippen molar-refractivity contribution in [2.24, 2.45) is 4.99 Å². The van der Waals surface area contributed by atoms with Crippen molar-refractivity contribution in [2.75, 3.05) is 0 Å². The molecule has 4 rings (SSSR count). The third kappa shape index (κ3) is 4.10. The third-order valence-corrected chi connectivity index (χ3v) is 4.50. The molecule has 1 heterocycles. The van der Waals surface area contributed by atoms with E-state index in [1.807, 2.05) is 12.1 Å². The number of benzene rings is 3. The van der Waals surface area contributed by atoms with E-state index in [2.05, 4.69) is 4.99 Å². The van der Waals surface area contributed by atoms with Crippen molar-refractivity contribution in [1.29, 1.82) is 0 Å². The lowest BCUT2D eigenvalue weighted by molar-refractivity contribution is 0.0730. The second-order valence-corrected chi connectivity index (χ2v) is 6.53. The highest BCUT2D eigenvalue weighted by molar-refractivity contribution is 6.33. The molecule has 0 saturated heterocycles. The van der Waals surface area contributed by atoms with E-state index in [9.17, 15) is 9.59 Å². The number of rotatable bonds is 4. The van der Waals surface area contributed by atoms with Gasteiger partial charge in [-0.15, -0.1) is 0 Å². The topological polar surface area (TPSA) is 68.9 Å². The van der Waals surface area contributed by atoms with E-state index < -0.39 is 11.6 Å². The minimum atomic E-state index is -0.803. The Kier molecular flexibility index (Phi) is 5.22. The molecule has 142 valence electrons. The molecule has 0 saturated carbocycles. The maximum Gasteiger partial charge on any atom is 0.351 e. The Balaban J connectivity index is 1.64. The lowest BCUT2D eigenvalue weighted by Crippen LogP contribution is -2.19. The van der Waals surface area contributed by atoms with E-state index in [1.54, 1.807) is 66.9 Å². The van der Waals surface area contributed by atoms with Crippen LogP contribution in [0.25, 0.3) is 11.0 Å². The van der Waals surface area contributed by atoms with Gasteiger partial charge in [0.25, 0.3) is 0 Å². The molecule has 0 aliphatic carbocycles. The number of carbonyl (C=O) groups is 1. The van der Waals surface area contributed by atoms with E-state index >= 15 is 0 Å². The van der Waals surface area contributed by atoms with Crippen LogP contribution in [0.15, 0.2) is 93.1 Å². The molecule has 0 amide bonds. The molecule has 0 N–H and O–H groups in total. The number of halogens is 1. The first-order chi connectivity index (χ1) is 14.1. The van der Waals surface area contributed by atoms with E-state index in [0.29, 0.717) is 27.2 Å². The van der Waals surface area contributed by atoms with Crippen molar-refractivity contribution in [1.82, 2.24) is 0 Å². The summed E-state index contributed by atoms with van der Waals surface area (Å²) in [5.41, 5.74) is 0.621. The molecule has 3 aromatic carbocycles. The highest BCUT2D eigenvalue weighted by Crippen LogP contribution is 2.25. The number of esters is 1. The summed E-state index contributed by atoms with van der Waals surface area (Å²) in [6.07, 6.45) is 1.55. The quantitative estimate of drug-likeness (QED) is 0.197. The predicted molar refractivity (Wildman–Crippen MR) is 113 cm³/mol. The molecule has 0 radical (unpaired) electrons. The molecule has 6 heteroatoms. The van der Waals surface area contributed by atoms with E-state index in [0.717, 1.165) is 0 Å². The molecule has 29 heavy (non-hydrogen) atoms. The van der Waals surface area contributed by atoms with E-state index in [4.69, 9.17) is 20.8 Å². The average molecular weight is 404 g/mol. The number of aliphatic imine (C=N–C) groups is 1. The zero-order valence-corrected chi connectivity index (χ0v) is 15.8. The number of nitrogens with zero attached hydrogens (tertiary/aromatic N) is 1. The van der Waals surface area contributed by atoms with Gasteiger partial charge in [0.2, 0.25) is 0 Å². The molecule has 0 bridgehead atoms. The molecular weight excluding hydrogens is 390 g/mol. The zero-order valence-electron chi connectivity index (χ0n) is 15.0. The number of carbonyl (C=O) groups excluding carboxylic acids is 1. The Morgan fingerprint density at radius 2 is 1.69 bits per heavy atom. The largest absolute Gasteiger partial charge is 0.422 e. The Morgan fingerprint density at radius 3 is 2.55 bits per heavy atom. The summed E-state index contributed by atoms with van der Waals surface area (Å²) < 4.78 is 10.7. The maximum atomic E-state index is 12.6. The van der Waals surface area contributed by atoms with Crippen molar-refractivity contribution < 1.29 is 13.9 Å². The van der Waals surface area contributed by atoms with Crippen molar-refractivity contribution in [3.8, 4) is 5.75 Å². The summed E-state index contributed by atoms with van der Waals surface area (Å²) in [7, 11) is 0. The predicted octanol–water partition coefficient (Wildman–Crippen LogP) is 5.42. The fraction of sp³-hybridized carbons (Fsp3) is 0. The van der Waals surface area contributed by atoms with Crippen molar-refractivity contribution in [3.05, 3.63) is 105 Å². The van der Waals surface area contributed by atoms with Crippen LogP contribution in [0.5, 0.6) is 5.75 Å². The summed E-state index contributed by atoms with van der Waals surface area (Å²) in [4.78, 5) is 29.1. The van der Waals surface area contributed by atoms with Crippen LogP contribution in [-0.4, -0.2) is 12.2 Å². The van der Waals surface area contributed by atoms with Gasteiger partial charge in [-0.1, -0.05) is 54.1 Å². The molecule has 4 aromatic rings. The summed E-state index contributed by atoms with van der Waals surface area (Å²) >= 11 is 6.12. The van der Waals surface area contributed by atoms with Gasteiger partial charge in [0.15, 0.2) is 0 Å². The van der Waals surface area contributed by atoms with Gasteiger partial charge in [-0.25, -0.2) is 9.59 Å². The van der Waals surface area contributed by atoms with Gasteiger partial charge < -0.3 is 9.15 Å². The lowest BCUT2D eigenvalue weighted by Gasteiger charge is -2.07. The van der Waals surface area contributed by atoms with Crippen LogP contribution in [0.2, 0.25) is 5.02 Å². The molecule has 0 aliphatic heterocycles. The first-order valence-corrected chi connectivity index (χ1v) is 9.12. The fourth-order valence-corrected chi connectivity index (χ4v) is 2.92. The first kappa shape index (κ1) is 18.7. The molecule has 0 aliphatic rings. The van der Waals surface area contributed by atoms with Crippen LogP contribution in [0.4, 0.5) is 5.69 Å². The second-order valence-electron chi connectivity index (χ2n) is 6.12. The second kappa shape index (κ2) is 8.12. The number of ether oxygens (including phenoxy) is 1. The van der Waals surface area contributed by atoms with Crippen LogP contribution < -0.4 is 10.4 Å². The van der Waals surface area contributed by atoms with Crippen molar-refractivity contribution in [2.45, 2.75) is 0 Å². The Labute approximate surface area is 170 Å². The monoisotopic (exact) mass is 403 g/mol. The standard InChI is InChI=1S/C23H14ClNO4/c24-18-9-3-4-10-19(18)25-14-16-8-2-6-12-21(16)29-23(27)17-13-15-7-1-5-11-20(15)28-22(17)26/h1-14H. The molecule has 0 atom stereocenters. The van der Waals surface area contributed by atoms with Gasteiger partial charge >= 0.3 is 11.6 Å². The minimum Gasteiger partial charge on any atom is -0.422 e. The third-order valence-electron chi connectivity index (χ3n) is 4.18. The van der Waals surface area contributed by atoms with Crippen molar-refractivity contribution in [3.63, 3.8) is 0 Å². The number of para-hydroxylation sites is 3. The maximum absolute atomic E-state index is 12.6. The molecule has 0 spiro atoms. The van der Waals surface area contributed by atoms with Crippen LogP contribution in [0.3, 0.4) is 0 Å². The van der Waals surface area contributed by atoms with Crippen LogP contribution >= 0.6 is 11.6 Å². The molecular formula is C23H14ClNO4. The van der Waals surface area contributed by atoms with Crippen LogP contribution in [0, 0.1) is 0 Å². The van der Waals surface area contributed by atoms with Crippen LogP contribution in [-0.2, 0) is 0 Å². The molecule has 0 fully saturated rings. The van der Waals surface area contributed by atoms with Gasteiger partial charge in [0.05, 0.1) is 10.7 Å². The Morgan fingerprint density at radius 1 is 0.966 bits per heavy atom. The Hall–Kier alpha value is -3.70. The Bertz CT molecular complexity index is 1290. The van der Waals surface area contributed by atoms with Crippen LogP contribution in [0.1, 0.15) is 15.9 Å². The number of hydrogen-bond donors (Lipinski definition) is 0. The SMILES string of the molecule is O=C(Oc1ccccc1C=Nc1ccccc1Cl)c1cc2ccccc2oc1=O. The minimum absolute atomic E-state index is 0.179. The molecule has 5 nitrogen and oxygen atoms in total. The van der Waals surface area contributed by atoms with Gasteiger partial charge in [-0.05, 0) is 36.4 Å². The normalized spacial score (nSPS) is 11.1. The summed E-state index contributed by atoms with van der Waals surface area (Å²) in [6, 6.07) is 22.4. The smallest absolute Gasteiger partial charge is 0.351 e. The van der Waals surface area contributed by atoms with Crippen molar-refractivity contribution >= 4 is 40.4 Å². The first-order valence-electron chi connectivity index (χ1n) is 8.74. The lowest BCUT2D eigenvalue weighted by atomic mass is 10.2. The molecule has 1 aromatic heterocycles. The summed E-state index contributed by atoms with van der Waals surface area (Å²) in [5, 5.41) is 1.14. The highest BCUT2D eigenvalue weighted by atomic mass is 35.5. The number of hydrogen-bond acceptors (Lipinski definition) is 5. The fourth-order valence-electron chi connectivity index (χ4n) is 2.73. The van der Waals surface area contributed by atoms with E-state index in [-0.39, 0.29) is 11.3 Å². The average Bonchev–Trinajstić information content (AvgIpc) is 2.73. The zero-order chi connectivity index (χ0) is 20.2. The van der Waals surface area contributed by atoms with Gasteiger partial charge in [0, 0.05) is 17.2 Å². The van der Waals surface area contributed by atoms with Gasteiger partial charge in [0.1, 0.15) is 16.9 Å². The number of fused-ring (bicyclic) bond motifs is 1. The highest BCUT2D eigenvalue weighted by Gasteiger charge is 2.17. The molecule has 0 unspecified atom stereocenters. The van der Waals surface area contributed by atoms with Gasteiger partial charge in [-0.3, -0.25) is 4.99 Å². The van der Waals surface area contributed by atoms with Gasteiger partial charge in [-0.2, -0.15) is 0 Å². The van der Waals surface area contributed by atoms with E-state index in [1.165, 1.54) is 6.07 Å².